The minimum Gasteiger partial charge on any atom is -0.352 e. The van der Waals surface area contributed by atoms with Crippen molar-refractivity contribution in [2.75, 3.05) is 13.1 Å². The van der Waals surface area contributed by atoms with Crippen LogP contribution < -0.4 is 5.32 Å². The summed E-state index contributed by atoms with van der Waals surface area (Å²) in [5, 5.41) is 6.84. The van der Waals surface area contributed by atoms with E-state index in [2.05, 4.69) is 15.5 Å². The van der Waals surface area contributed by atoms with Gasteiger partial charge in [-0.05, 0) is 37.0 Å². The van der Waals surface area contributed by atoms with Gasteiger partial charge in [0.05, 0.1) is 4.90 Å². The third kappa shape index (κ3) is 4.73. The van der Waals surface area contributed by atoms with Gasteiger partial charge in [-0.3, -0.25) is 4.79 Å². The summed E-state index contributed by atoms with van der Waals surface area (Å²) in [4.78, 5) is 17.0. The van der Waals surface area contributed by atoms with Crippen molar-refractivity contribution >= 4 is 15.9 Å². The molecule has 9 heteroatoms. The number of amides is 1. The van der Waals surface area contributed by atoms with Gasteiger partial charge in [0, 0.05) is 38.0 Å². The van der Waals surface area contributed by atoms with Crippen molar-refractivity contribution in [3.8, 4) is 11.4 Å². The van der Waals surface area contributed by atoms with Crippen LogP contribution in [-0.2, 0) is 21.4 Å². The summed E-state index contributed by atoms with van der Waals surface area (Å²) in [6.07, 6.45) is 0.977. The van der Waals surface area contributed by atoms with Crippen LogP contribution in [0.5, 0.6) is 0 Å². The monoisotopic (exact) mass is 454 g/mol. The predicted octanol–water partition coefficient (Wildman–Crippen LogP) is 3.07. The molecule has 0 spiro atoms. The van der Waals surface area contributed by atoms with E-state index in [0.717, 1.165) is 5.56 Å². The van der Waals surface area contributed by atoms with Gasteiger partial charge in [-0.1, -0.05) is 47.6 Å². The molecule has 32 heavy (non-hydrogen) atoms. The highest BCUT2D eigenvalue weighted by Gasteiger charge is 2.33. The van der Waals surface area contributed by atoms with Crippen LogP contribution in [0.25, 0.3) is 11.4 Å². The molecule has 4 rings (SSSR count). The Hall–Kier alpha value is -3.04. The van der Waals surface area contributed by atoms with Crippen molar-refractivity contribution in [3.05, 3.63) is 65.5 Å². The molecule has 0 bridgehead atoms. The number of aromatic nitrogens is 2. The lowest BCUT2D eigenvalue weighted by Gasteiger charge is -2.31. The van der Waals surface area contributed by atoms with Crippen molar-refractivity contribution in [1.82, 2.24) is 19.8 Å². The average Bonchev–Trinajstić information content (AvgIpc) is 3.24. The molecule has 168 valence electrons. The molecule has 1 aromatic heterocycles. The second-order valence-electron chi connectivity index (χ2n) is 8.00. The van der Waals surface area contributed by atoms with E-state index in [4.69, 9.17) is 4.52 Å². The molecule has 1 saturated heterocycles. The number of aryl methyl sites for hydroxylation is 2. The molecule has 0 saturated carbocycles. The molecular weight excluding hydrogens is 428 g/mol. The number of carbonyl (C=O) groups is 1. The summed E-state index contributed by atoms with van der Waals surface area (Å²) in [5.41, 5.74) is 2.27. The van der Waals surface area contributed by atoms with Crippen LogP contribution in [0.3, 0.4) is 0 Å². The zero-order chi connectivity index (χ0) is 22.7. The number of piperidine rings is 1. The third-order valence-corrected chi connectivity index (χ3v) is 7.77. The molecule has 0 radical (unpaired) electrons. The van der Waals surface area contributed by atoms with Crippen molar-refractivity contribution < 1.29 is 17.7 Å². The first-order valence-electron chi connectivity index (χ1n) is 10.6. The molecule has 8 nitrogen and oxygen atoms in total. The number of nitrogens with zero attached hydrogens (tertiary/aromatic N) is 3. The first kappa shape index (κ1) is 22.2. The van der Waals surface area contributed by atoms with Gasteiger partial charge in [-0.2, -0.15) is 9.29 Å². The predicted molar refractivity (Wildman–Crippen MR) is 119 cm³/mol. The fourth-order valence-corrected chi connectivity index (χ4v) is 5.58. The van der Waals surface area contributed by atoms with E-state index in [0.29, 0.717) is 55.3 Å². The number of nitrogens with one attached hydrogen (secondary N) is 1. The summed E-state index contributed by atoms with van der Waals surface area (Å²) in [6, 6.07) is 14.8. The first-order valence-corrected chi connectivity index (χ1v) is 12.0. The van der Waals surface area contributed by atoms with Crippen LogP contribution in [0.4, 0.5) is 0 Å². The molecule has 2 aromatic carbocycles. The summed E-state index contributed by atoms with van der Waals surface area (Å²) in [5.74, 6) is 0.543. The lowest BCUT2D eigenvalue weighted by molar-refractivity contribution is -0.126. The van der Waals surface area contributed by atoms with Gasteiger partial charge in [0.25, 0.3) is 0 Å². The van der Waals surface area contributed by atoms with Crippen LogP contribution in [0.2, 0.25) is 0 Å². The summed E-state index contributed by atoms with van der Waals surface area (Å²) >= 11 is 0. The van der Waals surface area contributed by atoms with E-state index in [1.54, 1.807) is 32.0 Å². The molecule has 1 N–H and O–H groups in total. The maximum absolute atomic E-state index is 13.3. The Morgan fingerprint density at radius 3 is 2.50 bits per heavy atom. The molecule has 1 aliphatic rings. The zero-order valence-corrected chi connectivity index (χ0v) is 18.9. The third-order valence-electron chi connectivity index (χ3n) is 5.73. The van der Waals surface area contributed by atoms with Gasteiger partial charge in [0.1, 0.15) is 0 Å². The zero-order valence-electron chi connectivity index (χ0n) is 18.1. The van der Waals surface area contributed by atoms with Crippen molar-refractivity contribution in [2.24, 2.45) is 5.92 Å². The topological polar surface area (TPSA) is 105 Å². The Morgan fingerprint density at radius 1 is 1.12 bits per heavy atom. The largest absolute Gasteiger partial charge is 0.352 e. The minimum absolute atomic E-state index is 0.0310. The standard InChI is InChI=1S/C23H26N4O4S/c1-16-8-9-20(22-25-17(2)31-26-22)14-21(16)32(29,30)27-12-10-19(11-13-27)23(28)24-15-18-6-4-3-5-7-18/h3-9,14,19H,10-13,15H2,1-2H3,(H,24,28). The number of sulfonamides is 1. The molecule has 0 aliphatic carbocycles. The Balaban J connectivity index is 1.42. The quantitative estimate of drug-likeness (QED) is 0.614. The molecule has 1 fully saturated rings. The van der Waals surface area contributed by atoms with E-state index >= 15 is 0 Å². The maximum atomic E-state index is 13.3. The molecule has 0 atom stereocenters. The van der Waals surface area contributed by atoms with E-state index in [9.17, 15) is 13.2 Å². The Bertz CT molecular complexity index is 1200. The Labute approximate surface area is 187 Å². The second-order valence-corrected chi connectivity index (χ2v) is 9.91. The molecule has 1 aliphatic heterocycles. The van der Waals surface area contributed by atoms with Crippen molar-refractivity contribution in [3.63, 3.8) is 0 Å². The maximum Gasteiger partial charge on any atom is 0.243 e. The number of benzene rings is 2. The minimum atomic E-state index is -3.71. The summed E-state index contributed by atoms with van der Waals surface area (Å²) in [6.45, 7) is 4.53. The second kappa shape index (κ2) is 9.22. The van der Waals surface area contributed by atoms with Gasteiger partial charge in [-0.25, -0.2) is 8.42 Å². The number of hydrogen-bond acceptors (Lipinski definition) is 6. The van der Waals surface area contributed by atoms with Gasteiger partial charge in [0.15, 0.2) is 0 Å². The van der Waals surface area contributed by atoms with E-state index < -0.39 is 10.0 Å². The molecular formula is C23H26N4O4S. The van der Waals surface area contributed by atoms with E-state index in [1.807, 2.05) is 30.3 Å². The van der Waals surface area contributed by atoms with Crippen molar-refractivity contribution in [1.29, 1.82) is 0 Å². The first-order chi connectivity index (χ1) is 15.3. The van der Waals surface area contributed by atoms with Crippen LogP contribution in [-0.4, -0.2) is 41.9 Å². The summed E-state index contributed by atoms with van der Waals surface area (Å²) < 4.78 is 33.2. The Morgan fingerprint density at radius 2 is 1.84 bits per heavy atom. The highest BCUT2D eigenvalue weighted by atomic mass is 32.2. The number of hydrogen-bond donors (Lipinski definition) is 1. The highest BCUT2D eigenvalue weighted by Crippen LogP contribution is 2.29. The fourth-order valence-electron chi connectivity index (χ4n) is 3.86. The van der Waals surface area contributed by atoms with E-state index in [1.165, 1.54) is 4.31 Å². The van der Waals surface area contributed by atoms with Gasteiger partial charge >= 0.3 is 0 Å². The van der Waals surface area contributed by atoms with Crippen LogP contribution in [0, 0.1) is 19.8 Å². The van der Waals surface area contributed by atoms with Crippen LogP contribution in [0.15, 0.2) is 57.9 Å². The smallest absolute Gasteiger partial charge is 0.243 e. The average molecular weight is 455 g/mol. The fraction of sp³-hybridized carbons (Fsp3) is 0.348. The highest BCUT2D eigenvalue weighted by molar-refractivity contribution is 7.89. The number of carbonyl (C=O) groups excluding carboxylic acids is 1. The molecule has 0 unspecified atom stereocenters. The Kier molecular flexibility index (Phi) is 6.38. The van der Waals surface area contributed by atoms with E-state index in [-0.39, 0.29) is 16.7 Å². The van der Waals surface area contributed by atoms with Gasteiger partial charge in [0.2, 0.25) is 27.6 Å². The van der Waals surface area contributed by atoms with Crippen molar-refractivity contribution in [2.45, 2.75) is 38.1 Å². The summed E-state index contributed by atoms with van der Waals surface area (Å²) in [7, 11) is -3.71. The SMILES string of the molecule is Cc1nc(-c2ccc(C)c(S(=O)(=O)N3CCC(C(=O)NCc4ccccc4)CC3)c2)no1. The lowest BCUT2D eigenvalue weighted by atomic mass is 9.97. The molecule has 3 aromatic rings. The van der Waals surface area contributed by atoms with Crippen LogP contribution >= 0.6 is 0 Å². The number of rotatable bonds is 6. The van der Waals surface area contributed by atoms with Gasteiger partial charge < -0.3 is 9.84 Å². The van der Waals surface area contributed by atoms with Gasteiger partial charge in [-0.15, -0.1) is 0 Å². The normalized spacial score (nSPS) is 15.6. The molecule has 2 heterocycles. The van der Waals surface area contributed by atoms with Crippen LogP contribution in [0.1, 0.15) is 29.9 Å². The molecule has 1 amide bonds. The lowest BCUT2D eigenvalue weighted by Crippen LogP contribution is -2.43.